The van der Waals surface area contributed by atoms with E-state index in [2.05, 4.69) is 0 Å². The van der Waals surface area contributed by atoms with Crippen molar-refractivity contribution in [3.05, 3.63) is 54.1 Å². The average Bonchev–Trinajstić information content (AvgIpc) is 2.66. The number of carbonyl (C=O) groups excluding carboxylic acids is 2. The third-order valence-electron chi connectivity index (χ3n) is 3.39. The largest absolute Gasteiger partial charge is 0.497 e. The number of ether oxygens (including phenoxy) is 3. The smallest absolute Gasteiger partial charge is 0.307 e. The molecule has 2 aromatic carbocycles. The number of carbonyl (C=O) groups is 2. The second-order valence-electron chi connectivity index (χ2n) is 5.06. The van der Waals surface area contributed by atoms with Gasteiger partial charge in [-0.25, -0.2) is 0 Å². The van der Waals surface area contributed by atoms with Crippen molar-refractivity contribution < 1.29 is 23.8 Å². The summed E-state index contributed by atoms with van der Waals surface area (Å²) in [5.74, 6) is 0.814. The quantitative estimate of drug-likeness (QED) is 0.387. The summed E-state index contributed by atoms with van der Waals surface area (Å²) in [6, 6.07) is 14.7. The van der Waals surface area contributed by atoms with Gasteiger partial charge in [-0.05, 0) is 30.3 Å². The van der Waals surface area contributed by atoms with Crippen LogP contribution in [0.5, 0.6) is 11.5 Å². The third-order valence-corrected chi connectivity index (χ3v) is 4.40. The number of Topliss-reactive ketones (excluding diaryl/α,β-unsaturated/α-hetero) is 1. The van der Waals surface area contributed by atoms with Crippen LogP contribution >= 0.6 is 11.8 Å². The molecule has 0 aromatic heterocycles. The molecule has 0 N–H and O–H groups in total. The number of rotatable bonds is 9. The summed E-state index contributed by atoms with van der Waals surface area (Å²) in [5, 5.41) is 0. The van der Waals surface area contributed by atoms with Gasteiger partial charge in [-0.1, -0.05) is 18.2 Å². The third kappa shape index (κ3) is 5.83. The number of thioether (sulfide) groups is 1. The van der Waals surface area contributed by atoms with Gasteiger partial charge in [-0.3, -0.25) is 9.59 Å². The lowest BCUT2D eigenvalue weighted by atomic mass is 10.1. The Morgan fingerprint density at radius 2 is 1.76 bits per heavy atom. The summed E-state index contributed by atoms with van der Waals surface area (Å²) in [6.45, 7) is -0.321. The molecule has 0 aliphatic heterocycles. The zero-order chi connectivity index (χ0) is 18.1. The molecule has 0 fully saturated rings. The summed E-state index contributed by atoms with van der Waals surface area (Å²) < 4.78 is 15.3. The summed E-state index contributed by atoms with van der Waals surface area (Å²) in [4.78, 5) is 25.2. The molecule has 0 bridgehead atoms. The maximum Gasteiger partial charge on any atom is 0.307 e. The lowest BCUT2D eigenvalue weighted by Gasteiger charge is -2.10. The van der Waals surface area contributed by atoms with Gasteiger partial charge in [-0.2, -0.15) is 0 Å². The van der Waals surface area contributed by atoms with Crippen molar-refractivity contribution in [1.82, 2.24) is 0 Å². The molecule has 2 aromatic rings. The van der Waals surface area contributed by atoms with Gasteiger partial charge in [0, 0.05) is 10.6 Å². The summed E-state index contributed by atoms with van der Waals surface area (Å²) in [7, 11) is 2.99. The summed E-state index contributed by atoms with van der Waals surface area (Å²) >= 11 is 1.57. The maximum atomic E-state index is 12.3. The van der Waals surface area contributed by atoms with Crippen LogP contribution < -0.4 is 9.47 Å². The number of esters is 1. The summed E-state index contributed by atoms with van der Waals surface area (Å²) in [6.07, 6.45) is 0.238. The Bertz CT molecular complexity index is 715. The predicted molar refractivity (Wildman–Crippen MR) is 96.6 cm³/mol. The van der Waals surface area contributed by atoms with Crippen LogP contribution in [0.1, 0.15) is 16.8 Å². The molecule has 0 aliphatic rings. The van der Waals surface area contributed by atoms with E-state index in [0.29, 0.717) is 22.8 Å². The molecular weight excluding hydrogens is 340 g/mol. The predicted octanol–water partition coefficient (Wildman–Crippen LogP) is 3.61. The maximum absolute atomic E-state index is 12.3. The normalized spacial score (nSPS) is 10.2. The first-order valence-corrected chi connectivity index (χ1v) is 8.71. The van der Waals surface area contributed by atoms with Gasteiger partial charge < -0.3 is 14.2 Å². The van der Waals surface area contributed by atoms with Crippen LogP contribution in [0, 0.1) is 0 Å². The lowest BCUT2D eigenvalue weighted by Crippen LogP contribution is -2.15. The van der Waals surface area contributed by atoms with E-state index in [-0.39, 0.29) is 18.8 Å². The van der Waals surface area contributed by atoms with Crippen molar-refractivity contribution in [2.75, 3.05) is 26.6 Å². The number of hydrogen-bond acceptors (Lipinski definition) is 6. The second kappa shape index (κ2) is 9.74. The van der Waals surface area contributed by atoms with Crippen LogP contribution in [0.25, 0.3) is 0 Å². The minimum absolute atomic E-state index is 0.238. The van der Waals surface area contributed by atoms with Crippen LogP contribution in [0.3, 0.4) is 0 Å². The Balaban J connectivity index is 1.82. The minimum Gasteiger partial charge on any atom is -0.497 e. The van der Waals surface area contributed by atoms with Crippen LogP contribution in [0.2, 0.25) is 0 Å². The molecule has 0 saturated carbocycles. The topological polar surface area (TPSA) is 61.8 Å². The van der Waals surface area contributed by atoms with Gasteiger partial charge in [0.05, 0.1) is 26.2 Å². The molecule has 0 atom stereocenters. The molecule has 0 saturated heterocycles. The zero-order valence-corrected chi connectivity index (χ0v) is 15.0. The number of methoxy groups -OCH3 is 2. The van der Waals surface area contributed by atoms with Gasteiger partial charge >= 0.3 is 5.97 Å². The van der Waals surface area contributed by atoms with E-state index in [1.807, 2.05) is 30.3 Å². The molecule has 5 nitrogen and oxygen atoms in total. The van der Waals surface area contributed by atoms with E-state index in [4.69, 9.17) is 14.2 Å². The van der Waals surface area contributed by atoms with Crippen LogP contribution in [0.15, 0.2) is 53.4 Å². The summed E-state index contributed by atoms with van der Waals surface area (Å²) in [5.41, 5.74) is 0.327. The first-order chi connectivity index (χ1) is 12.1. The highest BCUT2D eigenvalue weighted by Gasteiger charge is 2.16. The highest BCUT2D eigenvalue weighted by molar-refractivity contribution is 7.99. The molecule has 0 radical (unpaired) electrons. The zero-order valence-electron chi connectivity index (χ0n) is 14.2. The van der Waals surface area contributed by atoms with Crippen molar-refractivity contribution in [3.8, 4) is 11.5 Å². The van der Waals surface area contributed by atoms with Crippen LogP contribution in [0.4, 0.5) is 0 Å². The molecule has 0 unspecified atom stereocenters. The molecule has 2 rings (SSSR count). The van der Waals surface area contributed by atoms with Crippen molar-refractivity contribution in [1.29, 1.82) is 0 Å². The average molecular weight is 360 g/mol. The van der Waals surface area contributed by atoms with Crippen molar-refractivity contribution in [3.63, 3.8) is 0 Å². The van der Waals surface area contributed by atoms with E-state index < -0.39 is 5.97 Å². The van der Waals surface area contributed by atoms with E-state index in [1.54, 1.807) is 30.0 Å². The highest BCUT2D eigenvalue weighted by atomic mass is 32.2. The lowest BCUT2D eigenvalue weighted by molar-refractivity contribution is -0.141. The fraction of sp³-hybridized carbons (Fsp3) is 0.263. The van der Waals surface area contributed by atoms with Gasteiger partial charge in [-0.15, -0.1) is 11.8 Å². The molecule has 6 heteroatoms. The Morgan fingerprint density at radius 3 is 2.44 bits per heavy atom. The molecule has 0 spiro atoms. The van der Waals surface area contributed by atoms with Crippen LogP contribution in [-0.2, 0) is 9.53 Å². The Hall–Kier alpha value is -2.47. The molecular formula is C19H20O5S. The van der Waals surface area contributed by atoms with Gasteiger partial charge in [0.15, 0.2) is 6.61 Å². The first-order valence-electron chi connectivity index (χ1n) is 7.72. The highest BCUT2D eigenvalue weighted by Crippen LogP contribution is 2.24. The number of hydrogen-bond donors (Lipinski definition) is 0. The van der Waals surface area contributed by atoms with Gasteiger partial charge in [0.2, 0.25) is 5.78 Å². The van der Waals surface area contributed by atoms with Crippen molar-refractivity contribution in [2.24, 2.45) is 0 Å². The Morgan fingerprint density at radius 1 is 1.00 bits per heavy atom. The minimum atomic E-state index is -0.404. The van der Waals surface area contributed by atoms with E-state index in [0.717, 1.165) is 4.90 Å². The standard InChI is InChI=1S/C19H20O5S/c1-22-14-8-9-18(23-2)16(12-14)17(20)13-24-19(21)10-11-25-15-6-4-3-5-7-15/h3-9,12H,10-11,13H2,1-2H3. The molecule has 132 valence electrons. The van der Waals surface area contributed by atoms with Crippen LogP contribution in [-0.4, -0.2) is 38.3 Å². The SMILES string of the molecule is COc1ccc(OC)c(C(=O)COC(=O)CCSc2ccccc2)c1. The van der Waals surface area contributed by atoms with Gasteiger partial charge in [0.1, 0.15) is 11.5 Å². The molecule has 0 amide bonds. The second-order valence-corrected chi connectivity index (χ2v) is 6.23. The fourth-order valence-electron chi connectivity index (χ4n) is 2.10. The Labute approximate surface area is 151 Å². The number of benzene rings is 2. The van der Waals surface area contributed by atoms with Crippen molar-refractivity contribution >= 4 is 23.5 Å². The van der Waals surface area contributed by atoms with E-state index >= 15 is 0 Å². The molecule has 0 aliphatic carbocycles. The molecule has 0 heterocycles. The fourth-order valence-corrected chi connectivity index (χ4v) is 2.95. The first kappa shape index (κ1) is 18.9. The van der Waals surface area contributed by atoms with E-state index in [9.17, 15) is 9.59 Å². The number of ketones is 1. The van der Waals surface area contributed by atoms with E-state index in [1.165, 1.54) is 14.2 Å². The van der Waals surface area contributed by atoms with Gasteiger partial charge in [0.25, 0.3) is 0 Å². The Kier molecular flexibility index (Phi) is 7.35. The molecule has 25 heavy (non-hydrogen) atoms. The monoisotopic (exact) mass is 360 g/mol. The van der Waals surface area contributed by atoms with Crippen molar-refractivity contribution in [2.45, 2.75) is 11.3 Å².